The zero-order valence-electron chi connectivity index (χ0n) is 11.3. The second-order valence-corrected chi connectivity index (χ2v) is 6.67. The number of nitrogens with one attached hydrogen (secondary N) is 1. The van der Waals surface area contributed by atoms with Gasteiger partial charge in [0.05, 0.1) is 6.54 Å². The number of nitrogens with zero attached hydrogens (tertiary/aromatic N) is 1. The standard InChI is InChI=1S/C14H19N3O2S/c15-7-2-5-13-9-14(11-16-10-13)20(18,19)17-8-6-12-3-1-4-12/h9-12,17H,1,3-4,6-8,15H2. The Morgan fingerprint density at radius 1 is 1.40 bits per heavy atom. The monoisotopic (exact) mass is 293 g/mol. The Morgan fingerprint density at radius 3 is 2.85 bits per heavy atom. The van der Waals surface area contributed by atoms with Crippen LogP contribution in [0.5, 0.6) is 0 Å². The van der Waals surface area contributed by atoms with Crippen LogP contribution in [0, 0.1) is 17.8 Å². The number of aromatic nitrogens is 1. The largest absolute Gasteiger partial charge is 0.320 e. The summed E-state index contributed by atoms with van der Waals surface area (Å²) >= 11 is 0. The summed E-state index contributed by atoms with van der Waals surface area (Å²) in [5, 5.41) is 0. The molecule has 1 aromatic rings. The molecule has 0 unspecified atom stereocenters. The Bertz CT molecular complexity index is 613. The highest BCUT2D eigenvalue weighted by Gasteiger charge is 2.19. The van der Waals surface area contributed by atoms with Gasteiger partial charge in [0, 0.05) is 24.5 Å². The molecule has 6 heteroatoms. The summed E-state index contributed by atoms with van der Waals surface area (Å²) in [6.45, 7) is 0.711. The maximum Gasteiger partial charge on any atom is 0.242 e. The van der Waals surface area contributed by atoms with Crippen molar-refractivity contribution in [3.63, 3.8) is 0 Å². The van der Waals surface area contributed by atoms with E-state index >= 15 is 0 Å². The van der Waals surface area contributed by atoms with Crippen LogP contribution in [0.25, 0.3) is 0 Å². The van der Waals surface area contributed by atoms with Crippen molar-refractivity contribution in [1.82, 2.24) is 9.71 Å². The van der Waals surface area contributed by atoms with E-state index < -0.39 is 10.0 Å². The third-order valence-corrected chi connectivity index (χ3v) is 4.86. The molecule has 1 aliphatic rings. The number of hydrogen-bond donors (Lipinski definition) is 2. The summed E-state index contributed by atoms with van der Waals surface area (Å²) in [5.74, 6) is 6.14. The Balaban J connectivity index is 2.00. The molecule has 0 spiro atoms. The molecule has 1 fully saturated rings. The van der Waals surface area contributed by atoms with E-state index in [-0.39, 0.29) is 11.4 Å². The summed E-state index contributed by atoms with van der Waals surface area (Å²) in [6, 6.07) is 1.52. The first-order valence-corrected chi connectivity index (χ1v) is 8.24. The molecule has 0 atom stereocenters. The van der Waals surface area contributed by atoms with Crippen molar-refractivity contribution in [2.45, 2.75) is 30.6 Å². The van der Waals surface area contributed by atoms with Crippen LogP contribution in [0.2, 0.25) is 0 Å². The Hall–Kier alpha value is -1.42. The molecule has 5 nitrogen and oxygen atoms in total. The topological polar surface area (TPSA) is 85.1 Å². The molecule has 0 amide bonds. The fourth-order valence-corrected chi connectivity index (χ4v) is 3.08. The van der Waals surface area contributed by atoms with Gasteiger partial charge in [-0.1, -0.05) is 31.1 Å². The molecule has 0 aliphatic heterocycles. The van der Waals surface area contributed by atoms with Gasteiger partial charge in [-0.2, -0.15) is 0 Å². The molecule has 0 saturated heterocycles. The molecule has 0 radical (unpaired) electrons. The third kappa shape index (κ3) is 4.04. The SMILES string of the molecule is NCC#Cc1cncc(S(=O)(=O)NCCC2CCC2)c1. The first-order chi connectivity index (χ1) is 9.62. The van der Waals surface area contributed by atoms with Crippen LogP contribution in [-0.2, 0) is 10.0 Å². The molecular formula is C14H19N3O2S. The summed E-state index contributed by atoms with van der Waals surface area (Å²) in [7, 11) is -3.50. The van der Waals surface area contributed by atoms with Crippen LogP contribution in [0.1, 0.15) is 31.2 Å². The van der Waals surface area contributed by atoms with E-state index in [1.54, 1.807) is 0 Å². The van der Waals surface area contributed by atoms with Gasteiger partial charge in [-0.25, -0.2) is 13.1 Å². The van der Waals surface area contributed by atoms with Crippen molar-refractivity contribution >= 4 is 10.0 Å². The molecular weight excluding hydrogens is 274 g/mol. The van der Waals surface area contributed by atoms with Crippen LogP contribution in [0.3, 0.4) is 0 Å². The van der Waals surface area contributed by atoms with Crippen LogP contribution in [-0.4, -0.2) is 26.5 Å². The average molecular weight is 293 g/mol. The molecule has 1 aromatic heterocycles. The average Bonchev–Trinajstić information content (AvgIpc) is 2.39. The molecule has 1 saturated carbocycles. The van der Waals surface area contributed by atoms with Gasteiger partial charge in [-0.05, 0) is 18.4 Å². The van der Waals surface area contributed by atoms with Crippen LogP contribution in [0.15, 0.2) is 23.4 Å². The van der Waals surface area contributed by atoms with Crippen molar-refractivity contribution in [2.24, 2.45) is 11.7 Å². The maximum absolute atomic E-state index is 12.1. The predicted molar refractivity (Wildman–Crippen MR) is 77.3 cm³/mol. The van der Waals surface area contributed by atoms with Crippen LogP contribution < -0.4 is 10.5 Å². The smallest absolute Gasteiger partial charge is 0.242 e. The highest BCUT2D eigenvalue weighted by Crippen LogP contribution is 2.28. The van der Waals surface area contributed by atoms with Gasteiger partial charge in [0.1, 0.15) is 4.90 Å². The number of nitrogens with two attached hydrogens (primary N) is 1. The molecule has 108 valence electrons. The first kappa shape index (κ1) is 15.0. The molecule has 0 aromatic carbocycles. The molecule has 3 N–H and O–H groups in total. The minimum absolute atomic E-state index is 0.148. The summed E-state index contributed by atoms with van der Waals surface area (Å²) < 4.78 is 26.9. The molecule has 2 rings (SSSR count). The Kier molecular flexibility index (Phi) is 5.12. The van der Waals surface area contributed by atoms with Gasteiger partial charge in [0.25, 0.3) is 0 Å². The van der Waals surface area contributed by atoms with E-state index in [4.69, 9.17) is 5.73 Å². The Labute approximate surface area is 120 Å². The predicted octanol–water partition coefficient (Wildman–Crippen LogP) is 0.860. The second-order valence-electron chi connectivity index (χ2n) is 4.90. The lowest BCUT2D eigenvalue weighted by Crippen LogP contribution is -2.27. The minimum Gasteiger partial charge on any atom is -0.320 e. The quantitative estimate of drug-likeness (QED) is 0.789. The normalized spacial score (nSPS) is 15.2. The third-order valence-electron chi connectivity index (χ3n) is 3.43. The Morgan fingerprint density at radius 2 is 2.20 bits per heavy atom. The van der Waals surface area contributed by atoms with Crippen molar-refractivity contribution in [2.75, 3.05) is 13.1 Å². The number of rotatable bonds is 5. The van der Waals surface area contributed by atoms with E-state index in [1.807, 2.05) is 0 Å². The van der Waals surface area contributed by atoms with Gasteiger partial charge >= 0.3 is 0 Å². The summed E-state index contributed by atoms with van der Waals surface area (Å²) in [4.78, 5) is 4.06. The van der Waals surface area contributed by atoms with Crippen molar-refractivity contribution in [3.8, 4) is 11.8 Å². The molecule has 1 heterocycles. The first-order valence-electron chi connectivity index (χ1n) is 6.75. The fraction of sp³-hybridized carbons (Fsp3) is 0.500. The minimum atomic E-state index is -3.50. The zero-order valence-corrected chi connectivity index (χ0v) is 12.1. The number of pyridine rings is 1. The van der Waals surface area contributed by atoms with E-state index in [0.717, 1.165) is 6.42 Å². The lowest BCUT2D eigenvalue weighted by molar-refractivity contribution is 0.297. The van der Waals surface area contributed by atoms with Gasteiger partial charge < -0.3 is 5.73 Å². The number of sulfonamides is 1. The summed E-state index contributed by atoms with van der Waals surface area (Å²) in [5.41, 5.74) is 5.84. The van der Waals surface area contributed by atoms with E-state index in [9.17, 15) is 8.42 Å². The van der Waals surface area contributed by atoms with Gasteiger partial charge in [-0.15, -0.1) is 0 Å². The second kappa shape index (κ2) is 6.84. The zero-order chi connectivity index (χ0) is 14.4. The van der Waals surface area contributed by atoms with Crippen molar-refractivity contribution < 1.29 is 8.42 Å². The maximum atomic E-state index is 12.1. The fourth-order valence-electron chi connectivity index (χ4n) is 2.05. The lowest BCUT2D eigenvalue weighted by Gasteiger charge is -2.25. The van der Waals surface area contributed by atoms with Crippen molar-refractivity contribution in [1.29, 1.82) is 0 Å². The molecule has 1 aliphatic carbocycles. The van der Waals surface area contributed by atoms with Gasteiger partial charge in [0.15, 0.2) is 0 Å². The molecule has 20 heavy (non-hydrogen) atoms. The van der Waals surface area contributed by atoms with Crippen molar-refractivity contribution in [3.05, 3.63) is 24.0 Å². The van der Waals surface area contributed by atoms with E-state index in [1.165, 1.54) is 37.7 Å². The van der Waals surface area contributed by atoms with Gasteiger partial charge in [-0.3, -0.25) is 4.98 Å². The highest BCUT2D eigenvalue weighted by molar-refractivity contribution is 7.89. The van der Waals surface area contributed by atoms with Gasteiger partial charge in [0.2, 0.25) is 10.0 Å². The number of hydrogen-bond acceptors (Lipinski definition) is 4. The lowest BCUT2D eigenvalue weighted by atomic mass is 9.83. The van der Waals surface area contributed by atoms with E-state index in [0.29, 0.717) is 18.0 Å². The highest BCUT2D eigenvalue weighted by atomic mass is 32.2. The van der Waals surface area contributed by atoms with E-state index in [2.05, 4.69) is 21.5 Å². The van der Waals surface area contributed by atoms with Crippen LogP contribution >= 0.6 is 0 Å². The summed E-state index contributed by atoms with van der Waals surface area (Å²) in [6.07, 6.45) is 7.46. The van der Waals surface area contributed by atoms with Crippen LogP contribution in [0.4, 0.5) is 0 Å². The molecule has 0 bridgehead atoms.